The highest BCUT2D eigenvalue weighted by Crippen LogP contribution is 2.57. The molecular formula is C14H19O7P. The number of ether oxygens (including phenoxy) is 1. The molecule has 0 spiro atoms. The van der Waals surface area contributed by atoms with Crippen LogP contribution in [0.3, 0.4) is 0 Å². The lowest BCUT2D eigenvalue weighted by Gasteiger charge is -2.24. The molecule has 0 aliphatic carbocycles. The fraction of sp³-hybridized carbons (Fsp3) is 0.429. The number of carboxylic acids is 2. The first kappa shape index (κ1) is 18.4. The average molecular weight is 330 g/mol. The first-order valence-corrected chi connectivity index (χ1v) is 8.53. The Bertz CT molecular complexity index is 558. The number of carbonyl (C=O) groups is 2. The summed E-state index contributed by atoms with van der Waals surface area (Å²) in [4.78, 5) is 32.0. The number of methoxy groups -OCH3 is 1. The second-order valence-corrected chi connectivity index (χ2v) is 7.25. The number of hydrogen-bond donors (Lipinski definition) is 3. The minimum absolute atomic E-state index is 0.208. The van der Waals surface area contributed by atoms with Crippen LogP contribution in [0, 0.1) is 5.92 Å². The zero-order valence-corrected chi connectivity index (χ0v) is 13.0. The molecule has 7 nitrogen and oxygen atoms in total. The van der Waals surface area contributed by atoms with Gasteiger partial charge in [-0.05, 0) is 12.0 Å². The molecule has 0 aromatic heterocycles. The molecule has 122 valence electrons. The van der Waals surface area contributed by atoms with Gasteiger partial charge >= 0.3 is 11.9 Å². The minimum atomic E-state index is -3.99. The molecule has 22 heavy (non-hydrogen) atoms. The van der Waals surface area contributed by atoms with Crippen LogP contribution >= 0.6 is 7.37 Å². The van der Waals surface area contributed by atoms with E-state index in [4.69, 9.17) is 14.9 Å². The lowest BCUT2D eigenvalue weighted by molar-refractivity contribution is -0.142. The first-order valence-electron chi connectivity index (χ1n) is 6.61. The van der Waals surface area contributed by atoms with Gasteiger partial charge in [-0.25, -0.2) is 0 Å². The lowest BCUT2D eigenvalue weighted by atomic mass is 10.1. The van der Waals surface area contributed by atoms with Gasteiger partial charge in [0.1, 0.15) is 0 Å². The quantitative estimate of drug-likeness (QED) is 0.593. The molecule has 3 N–H and O–H groups in total. The fourth-order valence-electron chi connectivity index (χ4n) is 2.15. The summed E-state index contributed by atoms with van der Waals surface area (Å²) in [5, 5.41) is 17.7. The summed E-state index contributed by atoms with van der Waals surface area (Å²) in [6.07, 6.45) is -1.12. The van der Waals surface area contributed by atoms with E-state index >= 15 is 0 Å². The maximum absolute atomic E-state index is 12.5. The van der Waals surface area contributed by atoms with Crippen molar-refractivity contribution in [3.8, 4) is 0 Å². The Labute approximate surface area is 128 Å². The number of carboxylic acid groups (broad SMARTS) is 2. The zero-order valence-electron chi connectivity index (χ0n) is 12.1. The third-order valence-corrected chi connectivity index (χ3v) is 5.42. The highest BCUT2D eigenvalue weighted by atomic mass is 31.2. The van der Waals surface area contributed by atoms with Gasteiger partial charge in [0.25, 0.3) is 0 Å². The van der Waals surface area contributed by atoms with Crippen LogP contribution in [0.2, 0.25) is 0 Å². The molecule has 0 saturated carbocycles. The van der Waals surface area contributed by atoms with Crippen molar-refractivity contribution >= 4 is 19.3 Å². The predicted molar refractivity (Wildman–Crippen MR) is 78.9 cm³/mol. The average Bonchev–Trinajstić information content (AvgIpc) is 2.44. The van der Waals surface area contributed by atoms with Crippen molar-refractivity contribution in [2.75, 3.05) is 13.3 Å². The topological polar surface area (TPSA) is 121 Å². The molecule has 0 amide bonds. The highest BCUT2D eigenvalue weighted by Gasteiger charge is 2.37. The molecule has 1 rings (SSSR count). The Morgan fingerprint density at radius 3 is 2.27 bits per heavy atom. The maximum atomic E-state index is 12.5. The molecule has 8 heteroatoms. The minimum Gasteiger partial charge on any atom is -0.481 e. The molecular weight excluding hydrogens is 311 g/mol. The Hall–Kier alpha value is -1.69. The van der Waals surface area contributed by atoms with E-state index in [1.165, 1.54) is 7.11 Å². The molecule has 1 aromatic rings. The summed E-state index contributed by atoms with van der Waals surface area (Å²) in [5.41, 5.74) is 0.471. The van der Waals surface area contributed by atoms with Crippen molar-refractivity contribution < 1.29 is 34.0 Å². The van der Waals surface area contributed by atoms with Gasteiger partial charge in [-0.2, -0.15) is 0 Å². The van der Waals surface area contributed by atoms with Crippen LogP contribution in [0.5, 0.6) is 0 Å². The normalized spacial score (nSPS) is 16.5. The zero-order chi connectivity index (χ0) is 16.8. The molecule has 0 bridgehead atoms. The molecule has 3 unspecified atom stereocenters. The van der Waals surface area contributed by atoms with Crippen LogP contribution in [0.1, 0.15) is 24.3 Å². The summed E-state index contributed by atoms with van der Waals surface area (Å²) in [7, 11) is -2.72. The van der Waals surface area contributed by atoms with Gasteiger partial charge in [0.15, 0.2) is 5.85 Å². The Morgan fingerprint density at radius 2 is 1.82 bits per heavy atom. The Balaban J connectivity index is 2.92. The number of hydrogen-bond acceptors (Lipinski definition) is 4. The van der Waals surface area contributed by atoms with Crippen molar-refractivity contribution in [3.05, 3.63) is 35.9 Å². The van der Waals surface area contributed by atoms with Crippen molar-refractivity contribution in [2.24, 2.45) is 5.92 Å². The molecule has 0 aliphatic heterocycles. The van der Waals surface area contributed by atoms with Gasteiger partial charge < -0.3 is 19.8 Å². The third kappa shape index (κ3) is 5.26. The van der Waals surface area contributed by atoms with E-state index in [1.54, 1.807) is 30.3 Å². The summed E-state index contributed by atoms with van der Waals surface area (Å²) < 4.78 is 17.6. The summed E-state index contributed by atoms with van der Waals surface area (Å²) >= 11 is 0. The Morgan fingerprint density at radius 1 is 1.23 bits per heavy atom. The molecule has 0 aliphatic rings. The molecule has 0 fully saturated rings. The molecule has 1 aromatic carbocycles. The van der Waals surface area contributed by atoms with Crippen LogP contribution in [-0.2, 0) is 18.9 Å². The highest BCUT2D eigenvalue weighted by molar-refractivity contribution is 7.58. The van der Waals surface area contributed by atoms with Crippen molar-refractivity contribution in [2.45, 2.75) is 18.7 Å². The van der Waals surface area contributed by atoms with Crippen LogP contribution < -0.4 is 0 Å². The van der Waals surface area contributed by atoms with Gasteiger partial charge in [-0.3, -0.25) is 14.2 Å². The smallest absolute Gasteiger partial charge is 0.307 e. The first-order chi connectivity index (χ1) is 10.3. The third-order valence-electron chi connectivity index (χ3n) is 3.21. The summed E-state index contributed by atoms with van der Waals surface area (Å²) in [5.74, 6) is -4.79. The molecule has 3 atom stereocenters. The standard InChI is InChI=1S/C14H19O7P/c1-21-14(10-5-3-2-4-6-10)22(19,20)9-11(13(17)18)7-8-12(15)16/h2-6,11,14H,7-9H2,1H3,(H,15,16)(H,17,18)(H,19,20). The van der Waals surface area contributed by atoms with Crippen molar-refractivity contribution in [3.63, 3.8) is 0 Å². The second-order valence-electron chi connectivity index (χ2n) is 4.90. The van der Waals surface area contributed by atoms with E-state index in [1.807, 2.05) is 0 Å². The predicted octanol–water partition coefficient (Wildman–Crippen LogP) is 2.17. The van der Waals surface area contributed by atoms with Crippen molar-refractivity contribution in [1.82, 2.24) is 0 Å². The van der Waals surface area contributed by atoms with Gasteiger partial charge in [-0.15, -0.1) is 0 Å². The fourth-order valence-corrected chi connectivity index (χ4v) is 4.28. The second kappa shape index (κ2) is 8.08. The van der Waals surface area contributed by atoms with E-state index in [9.17, 15) is 19.0 Å². The number of aliphatic carboxylic acids is 2. The Kier molecular flexibility index (Phi) is 6.74. The number of rotatable bonds is 9. The van der Waals surface area contributed by atoms with Gasteiger partial charge in [0, 0.05) is 19.7 Å². The van der Waals surface area contributed by atoms with E-state index in [2.05, 4.69) is 0 Å². The van der Waals surface area contributed by atoms with Gasteiger partial charge in [-0.1, -0.05) is 30.3 Å². The van der Waals surface area contributed by atoms with E-state index in [0.29, 0.717) is 5.56 Å². The van der Waals surface area contributed by atoms with Gasteiger partial charge in [0.05, 0.1) is 5.92 Å². The number of benzene rings is 1. The van der Waals surface area contributed by atoms with Gasteiger partial charge in [0.2, 0.25) is 7.37 Å². The summed E-state index contributed by atoms with van der Waals surface area (Å²) in [6, 6.07) is 8.33. The lowest BCUT2D eigenvalue weighted by Crippen LogP contribution is -2.21. The SMILES string of the molecule is COC(c1ccccc1)P(=O)(O)CC(CCC(=O)O)C(=O)O. The van der Waals surface area contributed by atoms with E-state index in [0.717, 1.165) is 0 Å². The van der Waals surface area contributed by atoms with Crippen molar-refractivity contribution in [1.29, 1.82) is 0 Å². The largest absolute Gasteiger partial charge is 0.481 e. The molecule has 0 heterocycles. The van der Waals surface area contributed by atoms with Crippen LogP contribution in [0.4, 0.5) is 0 Å². The van der Waals surface area contributed by atoms with Crippen LogP contribution in [0.15, 0.2) is 30.3 Å². The summed E-state index contributed by atoms with van der Waals surface area (Å²) in [6.45, 7) is 0. The molecule has 0 saturated heterocycles. The maximum Gasteiger partial charge on any atom is 0.307 e. The van der Waals surface area contributed by atoms with Crippen LogP contribution in [0.25, 0.3) is 0 Å². The van der Waals surface area contributed by atoms with Crippen LogP contribution in [-0.4, -0.2) is 40.3 Å². The molecule has 0 radical (unpaired) electrons. The van der Waals surface area contributed by atoms with E-state index in [-0.39, 0.29) is 12.8 Å². The van der Waals surface area contributed by atoms with E-state index < -0.39 is 37.2 Å². The monoisotopic (exact) mass is 330 g/mol.